The number of hydrogen-bond donors (Lipinski definition) is 1. The predicted molar refractivity (Wildman–Crippen MR) is 137 cm³/mol. The molecule has 0 atom stereocenters. The molecule has 33 heavy (non-hydrogen) atoms. The highest BCUT2D eigenvalue weighted by Gasteiger charge is 2.28. The average molecular weight is 439 g/mol. The van der Waals surface area contributed by atoms with E-state index in [9.17, 15) is 4.79 Å². The molecule has 1 aliphatic rings. The van der Waals surface area contributed by atoms with Crippen LogP contribution in [0.5, 0.6) is 0 Å². The fourth-order valence-corrected chi connectivity index (χ4v) is 4.76. The van der Waals surface area contributed by atoms with Crippen LogP contribution in [-0.2, 0) is 0 Å². The van der Waals surface area contributed by atoms with E-state index in [1.165, 1.54) is 19.3 Å². The summed E-state index contributed by atoms with van der Waals surface area (Å²) in [5.74, 6) is 0. The summed E-state index contributed by atoms with van der Waals surface area (Å²) in [7, 11) is 0. The van der Waals surface area contributed by atoms with E-state index in [2.05, 4.69) is 79.0 Å². The van der Waals surface area contributed by atoms with Crippen molar-refractivity contribution in [2.45, 2.75) is 51.1 Å². The number of nitrogens with zero attached hydrogens (tertiary/aromatic N) is 1. The summed E-state index contributed by atoms with van der Waals surface area (Å²) in [6.07, 6.45) is 7.97. The van der Waals surface area contributed by atoms with Crippen LogP contribution in [0, 0.1) is 0 Å². The zero-order valence-electron chi connectivity index (χ0n) is 19.5. The first kappa shape index (κ1) is 22.8. The van der Waals surface area contributed by atoms with E-state index in [1.807, 2.05) is 35.2 Å². The van der Waals surface area contributed by atoms with Gasteiger partial charge in [-0.3, -0.25) is 0 Å². The number of benzene rings is 3. The van der Waals surface area contributed by atoms with Gasteiger partial charge in [-0.05, 0) is 36.5 Å². The van der Waals surface area contributed by atoms with E-state index in [1.54, 1.807) is 0 Å². The Hall–Kier alpha value is -3.33. The Morgan fingerprint density at radius 1 is 0.848 bits per heavy atom. The summed E-state index contributed by atoms with van der Waals surface area (Å²) in [6, 6.07) is 31.2. The van der Waals surface area contributed by atoms with Gasteiger partial charge in [0.1, 0.15) is 0 Å². The molecule has 1 N–H and O–H groups in total. The van der Waals surface area contributed by atoms with E-state index in [4.69, 9.17) is 0 Å². The summed E-state index contributed by atoms with van der Waals surface area (Å²) in [6.45, 7) is 2.67. The van der Waals surface area contributed by atoms with Crippen LogP contribution in [0.4, 0.5) is 4.79 Å². The van der Waals surface area contributed by atoms with Gasteiger partial charge >= 0.3 is 6.03 Å². The molecule has 0 saturated heterocycles. The van der Waals surface area contributed by atoms with Gasteiger partial charge in [-0.1, -0.05) is 122 Å². The zero-order chi connectivity index (χ0) is 22.9. The number of carbonyl (C=O) groups is 1. The molecule has 1 fully saturated rings. The van der Waals surface area contributed by atoms with Gasteiger partial charge in [-0.25, -0.2) is 4.79 Å². The van der Waals surface area contributed by atoms with Crippen molar-refractivity contribution in [2.24, 2.45) is 0 Å². The quantitative estimate of drug-likeness (QED) is 0.415. The van der Waals surface area contributed by atoms with Crippen molar-refractivity contribution in [2.75, 3.05) is 6.54 Å². The number of rotatable bonds is 7. The van der Waals surface area contributed by atoms with Crippen LogP contribution < -0.4 is 5.32 Å². The van der Waals surface area contributed by atoms with Crippen LogP contribution >= 0.6 is 0 Å². The van der Waals surface area contributed by atoms with Crippen molar-refractivity contribution in [3.63, 3.8) is 0 Å². The molecule has 0 unspecified atom stereocenters. The third-order valence-corrected chi connectivity index (χ3v) is 6.37. The van der Waals surface area contributed by atoms with Crippen LogP contribution in [0.3, 0.4) is 0 Å². The van der Waals surface area contributed by atoms with Gasteiger partial charge in [0.25, 0.3) is 0 Å². The maximum Gasteiger partial charge on any atom is 0.318 e. The van der Waals surface area contributed by atoms with Gasteiger partial charge in [0.05, 0.1) is 6.04 Å². The minimum atomic E-state index is -0.157. The molecule has 4 rings (SSSR count). The fourth-order valence-electron chi connectivity index (χ4n) is 4.76. The molecule has 0 aliphatic heterocycles. The highest BCUT2D eigenvalue weighted by Crippen LogP contribution is 2.30. The van der Waals surface area contributed by atoms with Gasteiger partial charge in [0.2, 0.25) is 0 Å². The number of nitrogens with one attached hydrogen (secondary N) is 1. The van der Waals surface area contributed by atoms with Crippen molar-refractivity contribution < 1.29 is 4.79 Å². The van der Waals surface area contributed by atoms with Crippen molar-refractivity contribution in [3.05, 3.63) is 113 Å². The SMILES string of the molecule is C/C(=C\c1ccccc1)CN(C(=O)NC1CCCCC1)C(c1ccccc1)c1ccccc1. The maximum absolute atomic E-state index is 13.8. The molecule has 0 bridgehead atoms. The lowest BCUT2D eigenvalue weighted by Gasteiger charge is -2.35. The second kappa shape index (κ2) is 11.5. The Morgan fingerprint density at radius 2 is 1.36 bits per heavy atom. The first-order chi connectivity index (χ1) is 16.2. The van der Waals surface area contributed by atoms with E-state index in [-0.39, 0.29) is 18.1 Å². The third-order valence-electron chi connectivity index (χ3n) is 6.37. The Kier molecular flexibility index (Phi) is 7.97. The lowest BCUT2D eigenvalue weighted by molar-refractivity contribution is 0.182. The summed E-state index contributed by atoms with van der Waals surface area (Å²) in [4.78, 5) is 15.8. The molecule has 1 aliphatic carbocycles. The monoisotopic (exact) mass is 438 g/mol. The molecule has 3 aromatic rings. The summed E-state index contributed by atoms with van der Waals surface area (Å²) in [5, 5.41) is 3.37. The summed E-state index contributed by atoms with van der Waals surface area (Å²) >= 11 is 0. The number of amides is 2. The Labute approximate surface area is 198 Å². The molecule has 0 aromatic heterocycles. The average Bonchev–Trinajstić information content (AvgIpc) is 2.86. The highest BCUT2D eigenvalue weighted by atomic mass is 16.2. The molecule has 0 heterocycles. The van der Waals surface area contributed by atoms with Gasteiger partial charge in [-0.2, -0.15) is 0 Å². The van der Waals surface area contributed by atoms with Crippen molar-refractivity contribution >= 4 is 12.1 Å². The van der Waals surface area contributed by atoms with Gasteiger partial charge in [0, 0.05) is 12.6 Å². The molecular formula is C30H34N2O. The Balaban J connectivity index is 1.68. The molecule has 3 heteroatoms. The first-order valence-electron chi connectivity index (χ1n) is 12.1. The maximum atomic E-state index is 13.8. The van der Waals surface area contributed by atoms with Crippen LogP contribution in [-0.4, -0.2) is 23.5 Å². The molecular weight excluding hydrogens is 404 g/mol. The predicted octanol–water partition coefficient (Wildman–Crippen LogP) is 7.22. The summed E-state index contributed by atoms with van der Waals surface area (Å²) in [5.41, 5.74) is 4.54. The van der Waals surface area contributed by atoms with Crippen molar-refractivity contribution in [1.29, 1.82) is 0 Å². The number of carbonyl (C=O) groups excluding carboxylic acids is 1. The highest BCUT2D eigenvalue weighted by molar-refractivity contribution is 5.76. The van der Waals surface area contributed by atoms with Gasteiger partial charge in [0.15, 0.2) is 0 Å². The van der Waals surface area contributed by atoms with Crippen LogP contribution in [0.15, 0.2) is 96.6 Å². The molecule has 3 nitrogen and oxygen atoms in total. The van der Waals surface area contributed by atoms with Gasteiger partial charge in [-0.15, -0.1) is 0 Å². The smallest absolute Gasteiger partial charge is 0.318 e. The minimum absolute atomic E-state index is 0.0143. The molecule has 2 amide bonds. The molecule has 3 aromatic carbocycles. The Bertz CT molecular complexity index is 985. The lowest BCUT2D eigenvalue weighted by atomic mass is 9.95. The molecule has 0 spiro atoms. The number of hydrogen-bond acceptors (Lipinski definition) is 1. The Morgan fingerprint density at radius 3 is 1.91 bits per heavy atom. The largest absolute Gasteiger partial charge is 0.335 e. The third kappa shape index (κ3) is 6.35. The minimum Gasteiger partial charge on any atom is -0.335 e. The van der Waals surface area contributed by atoms with Crippen LogP contribution in [0.1, 0.15) is 61.8 Å². The molecule has 1 saturated carbocycles. The fraction of sp³-hybridized carbons (Fsp3) is 0.300. The lowest BCUT2D eigenvalue weighted by Crippen LogP contribution is -2.47. The first-order valence-corrected chi connectivity index (χ1v) is 12.1. The van der Waals surface area contributed by atoms with Crippen molar-refractivity contribution in [3.8, 4) is 0 Å². The summed E-state index contributed by atoms with van der Waals surface area (Å²) < 4.78 is 0. The van der Waals surface area contributed by atoms with Crippen LogP contribution in [0.25, 0.3) is 6.08 Å². The second-order valence-electron chi connectivity index (χ2n) is 9.04. The van der Waals surface area contributed by atoms with E-state index in [0.29, 0.717) is 6.54 Å². The van der Waals surface area contributed by atoms with Crippen LogP contribution in [0.2, 0.25) is 0 Å². The standard InChI is InChI=1S/C30H34N2O/c1-24(22-25-14-6-2-7-15-25)23-32(30(33)31-28-20-12-5-13-21-28)29(26-16-8-3-9-17-26)27-18-10-4-11-19-27/h2-4,6-11,14-19,22,28-29H,5,12-13,20-21,23H2,1H3,(H,31,33)/b24-22+. The topological polar surface area (TPSA) is 32.3 Å². The number of urea groups is 1. The van der Waals surface area contributed by atoms with E-state index >= 15 is 0 Å². The van der Waals surface area contributed by atoms with E-state index in [0.717, 1.165) is 35.1 Å². The normalized spacial score (nSPS) is 14.8. The molecule has 170 valence electrons. The van der Waals surface area contributed by atoms with E-state index < -0.39 is 0 Å². The van der Waals surface area contributed by atoms with Gasteiger partial charge < -0.3 is 10.2 Å². The molecule has 0 radical (unpaired) electrons. The zero-order valence-corrected chi connectivity index (χ0v) is 19.5. The van der Waals surface area contributed by atoms with Crippen molar-refractivity contribution in [1.82, 2.24) is 10.2 Å². The second-order valence-corrected chi connectivity index (χ2v) is 9.04.